The van der Waals surface area contributed by atoms with E-state index in [0.29, 0.717) is 18.2 Å². The Hall–Kier alpha value is -3.02. The van der Waals surface area contributed by atoms with Crippen molar-refractivity contribution in [3.05, 3.63) is 77.8 Å². The molecule has 1 unspecified atom stereocenters. The first-order valence-corrected chi connectivity index (χ1v) is 9.34. The number of rotatable bonds is 7. The predicted molar refractivity (Wildman–Crippen MR) is 100 cm³/mol. The molecule has 4 nitrogen and oxygen atoms in total. The van der Waals surface area contributed by atoms with Crippen molar-refractivity contribution in [2.24, 2.45) is 5.92 Å². The maximum Gasteiger partial charge on any atom is 0.221 e. The van der Waals surface area contributed by atoms with Crippen LogP contribution in [0.1, 0.15) is 36.8 Å². The Labute approximate surface area is 161 Å². The van der Waals surface area contributed by atoms with Gasteiger partial charge in [-0.25, -0.2) is 13.8 Å². The van der Waals surface area contributed by atoms with Crippen molar-refractivity contribution in [3.8, 4) is 11.3 Å². The standard InChI is InChI=1S/C22H20F2N2O2/c23-16-8-9-17(18(24)12-16)19-13-25-21(28-19)11-10-20(27)26-22(15-6-7-15)14-4-2-1-3-5-14/h1-5,8-9,12-13,15,22H,6-7,10-11H2,(H,26,27). The van der Waals surface area contributed by atoms with Gasteiger partial charge in [-0.2, -0.15) is 0 Å². The highest BCUT2D eigenvalue weighted by Gasteiger charge is 2.33. The van der Waals surface area contributed by atoms with Gasteiger partial charge in [-0.3, -0.25) is 4.79 Å². The van der Waals surface area contributed by atoms with Crippen LogP contribution < -0.4 is 5.32 Å². The van der Waals surface area contributed by atoms with Gasteiger partial charge >= 0.3 is 0 Å². The maximum atomic E-state index is 13.9. The van der Waals surface area contributed by atoms with E-state index in [9.17, 15) is 13.6 Å². The van der Waals surface area contributed by atoms with E-state index in [0.717, 1.165) is 30.5 Å². The molecule has 1 fully saturated rings. The van der Waals surface area contributed by atoms with Gasteiger partial charge in [0.05, 0.1) is 17.8 Å². The molecule has 1 saturated carbocycles. The average Bonchev–Trinajstić information content (AvgIpc) is 3.43. The largest absolute Gasteiger partial charge is 0.441 e. The smallest absolute Gasteiger partial charge is 0.221 e. The zero-order valence-electron chi connectivity index (χ0n) is 15.2. The second-order valence-corrected chi connectivity index (χ2v) is 7.04. The molecule has 6 heteroatoms. The van der Waals surface area contributed by atoms with Crippen molar-refractivity contribution in [2.45, 2.75) is 31.7 Å². The molecule has 0 aliphatic heterocycles. The zero-order chi connectivity index (χ0) is 19.5. The number of amides is 1. The Bertz CT molecular complexity index is 968. The Morgan fingerprint density at radius 2 is 1.96 bits per heavy atom. The molecule has 4 rings (SSSR count). The van der Waals surface area contributed by atoms with E-state index < -0.39 is 11.6 Å². The normalized spacial score (nSPS) is 14.6. The van der Waals surface area contributed by atoms with E-state index >= 15 is 0 Å². The summed E-state index contributed by atoms with van der Waals surface area (Å²) < 4.78 is 32.4. The number of oxazole rings is 1. The number of hydrogen-bond acceptors (Lipinski definition) is 3. The molecular formula is C22H20F2N2O2. The van der Waals surface area contributed by atoms with E-state index in [4.69, 9.17) is 4.42 Å². The highest BCUT2D eigenvalue weighted by atomic mass is 19.1. The molecular weight excluding hydrogens is 362 g/mol. The van der Waals surface area contributed by atoms with Crippen LogP contribution in [0.15, 0.2) is 59.1 Å². The average molecular weight is 382 g/mol. The SMILES string of the molecule is O=C(CCc1ncc(-c2ccc(F)cc2F)o1)NC(c1ccccc1)C1CC1. The molecule has 0 bridgehead atoms. The summed E-state index contributed by atoms with van der Waals surface area (Å²) in [6, 6.07) is 13.3. The number of carbonyl (C=O) groups excluding carboxylic acids is 1. The van der Waals surface area contributed by atoms with Crippen LogP contribution in [0.4, 0.5) is 8.78 Å². The molecule has 28 heavy (non-hydrogen) atoms. The summed E-state index contributed by atoms with van der Waals surface area (Å²) in [4.78, 5) is 16.5. The van der Waals surface area contributed by atoms with Gasteiger partial charge in [0.15, 0.2) is 11.7 Å². The topological polar surface area (TPSA) is 55.1 Å². The number of nitrogens with one attached hydrogen (secondary N) is 1. The van der Waals surface area contributed by atoms with Gasteiger partial charge in [0, 0.05) is 18.9 Å². The van der Waals surface area contributed by atoms with Crippen LogP contribution in [0.25, 0.3) is 11.3 Å². The van der Waals surface area contributed by atoms with Crippen LogP contribution in [-0.2, 0) is 11.2 Å². The van der Waals surface area contributed by atoms with Crippen molar-refractivity contribution < 1.29 is 18.0 Å². The fourth-order valence-corrected chi connectivity index (χ4v) is 3.27. The first-order chi connectivity index (χ1) is 13.6. The summed E-state index contributed by atoms with van der Waals surface area (Å²) in [5, 5.41) is 3.11. The Kier molecular flexibility index (Phi) is 5.19. The van der Waals surface area contributed by atoms with Gasteiger partial charge in [-0.1, -0.05) is 30.3 Å². The molecule has 1 heterocycles. The first-order valence-electron chi connectivity index (χ1n) is 9.34. The quantitative estimate of drug-likeness (QED) is 0.637. The van der Waals surface area contributed by atoms with E-state index in [-0.39, 0.29) is 29.7 Å². The molecule has 0 saturated heterocycles. The van der Waals surface area contributed by atoms with E-state index in [1.807, 2.05) is 30.3 Å². The first kappa shape index (κ1) is 18.3. The Morgan fingerprint density at radius 1 is 1.18 bits per heavy atom. The fraction of sp³-hybridized carbons (Fsp3) is 0.273. The van der Waals surface area contributed by atoms with Gasteiger partial charge in [-0.15, -0.1) is 0 Å². The number of nitrogens with zero attached hydrogens (tertiary/aromatic N) is 1. The second kappa shape index (κ2) is 7.92. The van der Waals surface area contributed by atoms with Gasteiger partial charge in [-0.05, 0) is 36.5 Å². The van der Waals surface area contributed by atoms with Gasteiger partial charge in [0.1, 0.15) is 11.6 Å². The molecule has 1 aromatic heterocycles. The van der Waals surface area contributed by atoms with Crippen LogP contribution in [0, 0.1) is 17.6 Å². The minimum atomic E-state index is -0.712. The monoisotopic (exact) mass is 382 g/mol. The van der Waals surface area contributed by atoms with Crippen LogP contribution in [0.2, 0.25) is 0 Å². The summed E-state index contributed by atoms with van der Waals surface area (Å²) in [7, 11) is 0. The Balaban J connectivity index is 1.37. The van der Waals surface area contributed by atoms with E-state index in [1.165, 1.54) is 12.3 Å². The summed E-state index contributed by atoms with van der Waals surface area (Å²) in [6.45, 7) is 0. The van der Waals surface area contributed by atoms with Crippen LogP contribution in [0.5, 0.6) is 0 Å². The van der Waals surface area contributed by atoms with E-state index in [2.05, 4.69) is 10.3 Å². The van der Waals surface area contributed by atoms with Crippen molar-refractivity contribution in [2.75, 3.05) is 0 Å². The molecule has 0 spiro atoms. The lowest BCUT2D eigenvalue weighted by atomic mass is 10.0. The number of halogens is 2. The van der Waals surface area contributed by atoms with Crippen LogP contribution >= 0.6 is 0 Å². The summed E-state index contributed by atoms with van der Waals surface area (Å²) in [5.41, 5.74) is 1.26. The van der Waals surface area contributed by atoms with E-state index in [1.54, 1.807) is 0 Å². The number of carbonyl (C=O) groups is 1. The second-order valence-electron chi connectivity index (χ2n) is 7.04. The molecule has 3 aromatic rings. The molecule has 1 N–H and O–H groups in total. The zero-order valence-corrected chi connectivity index (χ0v) is 15.2. The lowest BCUT2D eigenvalue weighted by molar-refractivity contribution is -0.122. The van der Waals surface area contributed by atoms with Crippen LogP contribution in [-0.4, -0.2) is 10.9 Å². The fourth-order valence-electron chi connectivity index (χ4n) is 3.27. The Morgan fingerprint density at radius 3 is 2.68 bits per heavy atom. The molecule has 0 radical (unpaired) electrons. The minimum Gasteiger partial charge on any atom is -0.441 e. The number of hydrogen-bond donors (Lipinski definition) is 1. The van der Waals surface area contributed by atoms with Crippen LogP contribution in [0.3, 0.4) is 0 Å². The van der Waals surface area contributed by atoms with Gasteiger partial charge in [0.25, 0.3) is 0 Å². The third kappa shape index (κ3) is 4.27. The number of aromatic nitrogens is 1. The highest BCUT2D eigenvalue weighted by Crippen LogP contribution is 2.41. The minimum absolute atomic E-state index is 0.0298. The lowest BCUT2D eigenvalue weighted by Crippen LogP contribution is -2.30. The van der Waals surface area contributed by atoms with Gasteiger partial charge in [0.2, 0.25) is 5.91 Å². The highest BCUT2D eigenvalue weighted by molar-refractivity contribution is 5.76. The van der Waals surface area contributed by atoms with Crippen molar-refractivity contribution in [3.63, 3.8) is 0 Å². The number of benzene rings is 2. The number of aryl methyl sites for hydroxylation is 1. The molecule has 1 aliphatic carbocycles. The summed E-state index contributed by atoms with van der Waals surface area (Å²) in [6.07, 6.45) is 4.15. The summed E-state index contributed by atoms with van der Waals surface area (Å²) in [5.74, 6) is -0.393. The summed E-state index contributed by atoms with van der Waals surface area (Å²) >= 11 is 0. The third-order valence-corrected chi connectivity index (χ3v) is 4.88. The third-order valence-electron chi connectivity index (χ3n) is 4.88. The molecule has 1 amide bonds. The maximum absolute atomic E-state index is 13.9. The molecule has 2 aromatic carbocycles. The molecule has 1 aliphatic rings. The predicted octanol–water partition coefficient (Wildman–Crippen LogP) is 4.82. The molecule has 144 valence electrons. The molecule has 1 atom stereocenters. The van der Waals surface area contributed by atoms with Crippen molar-refractivity contribution >= 4 is 5.91 Å². The van der Waals surface area contributed by atoms with Crippen molar-refractivity contribution in [1.29, 1.82) is 0 Å². The van der Waals surface area contributed by atoms with Crippen molar-refractivity contribution in [1.82, 2.24) is 10.3 Å². The lowest BCUT2D eigenvalue weighted by Gasteiger charge is -2.18. The van der Waals surface area contributed by atoms with Gasteiger partial charge < -0.3 is 9.73 Å².